The van der Waals surface area contributed by atoms with E-state index in [-0.39, 0.29) is 11.6 Å². The quantitative estimate of drug-likeness (QED) is 0.893. The summed E-state index contributed by atoms with van der Waals surface area (Å²) in [6.07, 6.45) is 5.19. The van der Waals surface area contributed by atoms with Gasteiger partial charge in [0.05, 0.1) is 6.10 Å². The fourth-order valence-corrected chi connectivity index (χ4v) is 4.96. The minimum atomic E-state index is -0.291. The lowest BCUT2D eigenvalue weighted by molar-refractivity contribution is -0.0421. The third-order valence-electron chi connectivity index (χ3n) is 4.59. The molecule has 1 saturated carbocycles. The van der Waals surface area contributed by atoms with E-state index >= 15 is 0 Å². The number of halogens is 1. The van der Waals surface area contributed by atoms with Gasteiger partial charge >= 0.3 is 0 Å². The van der Waals surface area contributed by atoms with Crippen molar-refractivity contribution in [3.63, 3.8) is 0 Å². The predicted molar refractivity (Wildman–Crippen MR) is 85.8 cm³/mol. The largest absolute Gasteiger partial charge is 0.391 e. The SMILES string of the molecule is CC1CCCC(C(O)Cc2sccc2Br)(N(C)C)C1. The van der Waals surface area contributed by atoms with E-state index in [9.17, 15) is 5.11 Å². The molecular weight excluding hydrogens is 322 g/mol. The lowest BCUT2D eigenvalue weighted by atomic mass is 9.71. The molecule has 1 aliphatic rings. The van der Waals surface area contributed by atoms with Crippen molar-refractivity contribution in [2.75, 3.05) is 14.1 Å². The first-order valence-corrected chi connectivity index (χ1v) is 8.70. The molecule has 19 heavy (non-hydrogen) atoms. The molecule has 1 aromatic heterocycles. The topological polar surface area (TPSA) is 23.5 Å². The van der Waals surface area contributed by atoms with Crippen LogP contribution < -0.4 is 0 Å². The van der Waals surface area contributed by atoms with Crippen LogP contribution in [-0.4, -0.2) is 35.7 Å². The molecule has 0 aliphatic heterocycles. The van der Waals surface area contributed by atoms with Crippen molar-refractivity contribution in [3.05, 3.63) is 20.8 Å². The standard InChI is InChI=1S/C15H24BrNOS/c1-11-5-4-7-15(10-11,17(2)3)14(18)9-13-12(16)6-8-19-13/h6,8,11,14,18H,4-5,7,9-10H2,1-3H3. The zero-order chi connectivity index (χ0) is 14.0. The second-order valence-electron chi connectivity index (χ2n) is 6.11. The molecule has 0 bridgehead atoms. The Morgan fingerprint density at radius 1 is 1.58 bits per heavy atom. The molecule has 0 saturated heterocycles. The molecule has 0 amide bonds. The van der Waals surface area contributed by atoms with Crippen LogP contribution in [0.4, 0.5) is 0 Å². The van der Waals surface area contributed by atoms with Gasteiger partial charge in [0.25, 0.3) is 0 Å². The lowest BCUT2D eigenvalue weighted by Crippen LogP contribution is -2.56. The number of hydrogen-bond acceptors (Lipinski definition) is 3. The van der Waals surface area contributed by atoms with Gasteiger partial charge in [-0.1, -0.05) is 19.8 Å². The van der Waals surface area contributed by atoms with Crippen molar-refractivity contribution in [3.8, 4) is 0 Å². The van der Waals surface area contributed by atoms with Crippen LogP contribution in [0.3, 0.4) is 0 Å². The molecule has 2 nitrogen and oxygen atoms in total. The number of thiophene rings is 1. The number of likely N-dealkylation sites (N-methyl/N-ethyl adjacent to an activating group) is 1. The monoisotopic (exact) mass is 345 g/mol. The fourth-order valence-electron chi connectivity index (χ4n) is 3.41. The Labute approximate surface area is 129 Å². The van der Waals surface area contributed by atoms with Crippen molar-refractivity contribution >= 4 is 27.3 Å². The van der Waals surface area contributed by atoms with Crippen molar-refractivity contribution < 1.29 is 5.11 Å². The first-order chi connectivity index (χ1) is 8.95. The molecule has 1 aromatic rings. The van der Waals surface area contributed by atoms with Gasteiger partial charge in [0, 0.05) is 21.3 Å². The van der Waals surface area contributed by atoms with Gasteiger partial charge in [0.1, 0.15) is 0 Å². The van der Waals surface area contributed by atoms with Gasteiger partial charge in [-0.3, -0.25) is 0 Å². The molecule has 0 spiro atoms. The maximum atomic E-state index is 10.9. The van der Waals surface area contributed by atoms with Gasteiger partial charge < -0.3 is 10.0 Å². The van der Waals surface area contributed by atoms with Crippen molar-refractivity contribution in [1.82, 2.24) is 4.90 Å². The fraction of sp³-hybridized carbons (Fsp3) is 0.733. The van der Waals surface area contributed by atoms with Gasteiger partial charge in [-0.2, -0.15) is 0 Å². The molecule has 1 aliphatic carbocycles. The Morgan fingerprint density at radius 2 is 2.32 bits per heavy atom. The summed E-state index contributed by atoms with van der Waals surface area (Å²) in [7, 11) is 4.23. The van der Waals surface area contributed by atoms with Crippen LogP contribution in [0, 0.1) is 5.92 Å². The van der Waals surface area contributed by atoms with Crippen molar-refractivity contribution in [2.24, 2.45) is 5.92 Å². The molecule has 108 valence electrons. The van der Waals surface area contributed by atoms with Crippen LogP contribution in [-0.2, 0) is 6.42 Å². The number of aliphatic hydroxyl groups excluding tert-OH is 1. The highest BCUT2D eigenvalue weighted by atomic mass is 79.9. The van der Waals surface area contributed by atoms with Gasteiger partial charge in [-0.15, -0.1) is 11.3 Å². The van der Waals surface area contributed by atoms with E-state index in [4.69, 9.17) is 0 Å². The molecule has 2 rings (SSSR count). The molecule has 1 N–H and O–H groups in total. The maximum Gasteiger partial charge on any atom is 0.0772 e. The molecule has 1 fully saturated rings. The van der Waals surface area contributed by atoms with Crippen molar-refractivity contribution in [1.29, 1.82) is 0 Å². The minimum absolute atomic E-state index is 0.0545. The Bertz CT molecular complexity index is 420. The minimum Gasteiger partial charge on any atom is -0.391 e. The highest BCUT2D eigenvalue weighted by Gasteiger charge is 2.43. The first-order valence-electron chi connectivity index (χ1n) is 7.03. The highest BCUT2D eigenvalue weighted by molar-refractivity contribution is 9.10. The first kappa shape index (κ1) is 15.5. The van der Waals surface area contributed by atoms with Gasteiger partial charge in [0.2, 0.25) is 0 Å². The van der Waals surface area contributed by atoms with Gasteiger partial charge in [-0.25, -0.2) is 0 Å². The Hall–Kier alpha value is 0.1000. The van der Waals surface area contributed by atoms with E-state index in [1.165, 1.54) is 17.7 Å². The van der Waals surface area contributed by atoms with Crippen LogP contribution in [0.2, 0.25) is 0 Å². The third-order valence-corrected chi connectivity index (χ3v) is 6.54. The maximum absolute atomic E-state index is 10.9. The molecule has 4 heteroatoms. The average Bonchev–Trinajstić information content (AvgIpc) is 2.74. The Kier molecular flexibility index (Phi) is 5.09. The van der Waals surface area contributed by atoms with E-state index in [0.29, 0.717) is 5.92 Å². The smallest absolute Gasteiger partial charge is 0.0772 e. The van der Waals surface area contributed by atoms with E-state index in [1.807, 2.05) is 0 Å². The van der Waals surface area contributed by atoms with Crippen molar-refractivity contribution in [2.45, 2.75) is 50.7 Å². The molecule has 3 atom stereocenters. The average molecular weight is 346 g/mol. The molecule has 0 radical (unpaired) electrons. The third kappa shape index (κ3) is 3.23. The van der Waals surface area contributed by atoms with Crippen LogP contribution in [0.25, 0.3) is 0 Å². The molecule has 1 heterocycles. The molecule has 0 aromatic carbocycles. The van der Waals surface area contributed by atoms with E-state index < -0.39 is 0 Å². The van der Waals surface area contributed by atoms with Crippen LogP contribution in [0.1, 0.15) is 37.5 Å². The summed E-state index contributed by atoms with van der Waals surface area (Å²) in [5, 5.41) is 12.9. The summed E-state index contributed by atoms with van der Waals surface area (Å²) in [6.45, 7) is 2.31. The Balaban J connectivity index is 2.17. The summed E-state index contributed by atoms with van der Waals surface area (Å²) < 4.78 is 1.13. The van der Waals surface area contributed by atoms with Gasteiger partial charge in [0.15, 0.2) is 0 Å². The highest BCUT2D eigenvalue weighted by Crippen LogP contribution is 2.40. The normalized spacial score (nSPS) is 29.7. The zero-order valence-electron chi connectivity index (χ0n) is 12.0. The number of rotatable bonds is 4. The van der Waals surface area contributed by atoms with E-state index in [2.05, 4.69) is 53.3 Å². The van der Waals surface area contributed by atoms with Crippen LogP contribution in [0.5, 0.6) is 0 Å². The summed E-state index contributed by atoms with van der Waals surface area (Å²) in [5.74, 6) is 0.706. The van der Waals surface area contributed by atoms with E-state index in [0.717, 1.165) is 23.7 Å². The molecule has 3 unspecified atom stereocenters. The molecular formula is C15H24BrNOS. The summed E-state index contributed by atoms with van der Waals surface area (Å²) >= 11 is 5.30. The van der Waals surface area contributed by atoms with E-state index in [1.54, 1.807) is 11.3 Å². The number of hydrogen-bond donors (Lipinski definition) is 1. The van der Waals surface area contributed by atoms with Gasteiger partial charge in [-0.05, 0) is 60.2 Å². The number of aliphatic hydroxyl groups is 1. The van der Waals surface area contributed by atoms with Crippen LogP contribution in [0.15, 0.2) is 15.9 Å². The summed E-state index contributed by atoms with van der Waals surface area (Å²) in [6, 6.07) is 2.07. The second-order valence-corrected chi connectivity index (χ2v) is 7.97. The summed E-state index contributed by atoms with van der Waals surface area (Å²) in [5.41, 5.74) is -0.0545. The summed E-state index contributed by atoms with van der Waals surface area (Å²) in [4.78, 5) is 3.52. The lowest BCUT2D eigenvalue weighted by Gasteiger charge is -2.48. The zero-order valence-corrected chi connectivity index (χ0v) is 14.4. The number of nitrogens with zero attached hydrogens (tertiary/aromatic N) is 1. The Morgan fingerprint density at radius 3 is 2.84 bits per heavy atom. The van der Waals surface area contributed by atoms with Crippen LogP contribution >= 0.6 is 27.3 Å². The second kappa shape index (κ2) is 6.25. The predicted octanol–water partition coefficient (Wildman–Crippen LogP) is 3.92.